The van der Waals surface area contributed by atoms with E-state index >= 15 is 0 Å². The Hall–Kier alpha value is -4.46. The van der Waals surface area contributed by atoms with Crippen molar-refractivity contribution in [1.29, 1.82) is 0 Å². The van der Waals surface area contributed by atoms with Gasteiger partial charge in [0.25, 0.3) is 5.91 Å². The molecular weight excluding hydrogens is 464 g/mol. The van der Waals surface area contributed by atoms with Gasteiger partial charge in [-0.1, -0.05) is 12.1 Å². The van der Waals surface area contributed by atoms with Crippen molar-refractivity contribution < 1.29 is 9.59 Å². The van der Waals surface area contributed by atoms with Crippen LogP contribution in [0, 0.1) is 6.92 Å². The third kappa shape index (κ3) is 3.94. The summed E-state index contributed by atoms with van der Waals surface area (Å²) in [5, 5.41) is 3.32. The van der Waals surface area contributed by atoms with E-state index in [1.54, 1.807) is 36.5 Å². The summed E-state index contributed by atoms with van der Waals surface area (Å²) in [5.74, 6) is 0.515. The minimum atomic E-state index is -0.602. The Kier molecular flexibility index (Phi) is 5.52. The number of pyridine rings is 2. The van der Waals surface area contributed by atoms with Crippen molar-refractivity contribution in [3.05, 3.63) is 101 Å². The largest absolute Gasteiger partial charge is 0.340 e. The molecule has 8 heteroatoms. The highest BCUT2D eigenvalue weighted by molar-refractivity contribution is 6.06. The van der Waals surface area contributed by atoms with Gasteiger partial charge in [0.15, 0.2) is 0 Å². The molecular formula is C29H26N6O2. The van der Waals surface area contributed by atoms with Crippen LogP contribution in [-0.2, 0) is 29.5 Å². The smallest absolute Gasteiger partial charge is 0.277 e. The summed E-state index contributed by atoms with van der Waals surface area (Å²) >= 11 is 0. The first-order valence-electron chi connectivity index (χ1n) is 12.3. The van der Waals surface area contributed by atoms with E-state index in [9.17, 15) is 9.59 Å². The number of amides is 1. The number of Topliss-reactive ketones (excluding diaryl/α,β-unsaturated/α-hetero) is 1. The lowest BCUT2D eigenvalue weighted by molar-refractivity contribution is -0.122. The Bertz CT molecular complexity index is 1550. The number of aromatic nitrogens is 4. The van der Waals surface area contributed by atoms with Crippen molar-refractivity contribution in [2.24, 2.45) is 0 Å². The second-order valence-electron chi connectivity index (χ2n) is 9.74. The molecule has 2 aliphatic rings. The summed E-state index contributed by atoms with van der Waals surface area (Å²) in [5.41, 5.74) is 6.66. The first-order valence-corrected chi connectivity index (χ1v) is 12.3. The van der Waals surface area contributed by atoms with Gasteiger partial charge >= 0.3 is 0 Å². The molecule has 37 heavy (non-hydrogen) atoms. The zero-order chi connectivity index (χ0) is 25.6. The van der Waals surface area contributed by atoms with Crippen molar-refractivity contribution in [3.8, 4) is 0 Å². The number of anilines is 3. The van der Waals surface area contributed by atoms with Gasteiger partial charge in [-0.25, -0.2) is 9.97 Å². The maximum absolute atomic E-state index is 13.2. The third-order valence-corrected chi connectivity index (χ3v) is 7.56. The highest BCUT2D eigenvalue weighted by Crippen LogP contribution is 2.42. The molecule has 4 heterocycles. The Balaban J connectivity index is 1.24. The standard InChI is InChI=1S/C29H26N6O2/c1-18-24(4-3-9-31-18)29(19(2)36)14-20-5-6-23(12-22(20)15-29)34-27-13-25(32-17-33-27)28(37)35-11-8-21-16-30-10-7-26(21)35/h3-7,9-10,12-13,16-17H,8,11,14-15H2,1-2H3,(H,32,33,34). The monoisotopic (exact) mass is 490 g/mol. The summed E-state index contributed by atoms with van der Waals surface area (Å²) in [6.45, 7) is 4.24. The van der Waals surface area contributed by atoms with Crippen LogP contribution in [0.25, 0.3) is 0 Å². The maximum Gasteiger partial charge on any atom is 0.277 e. The number of hydrogen-bond donors (Lipinski definition) is 1. The summed E-state index contributed by atoms with van der Waals surface area (Å²) in [7, 11) is 0. The molecule has 1 amide bonds. The number of hydrogen-bond acceptors (Lipinski definition) is 7. The molecule has 4 aromatic rings. The van der Waals surface area contributed by atoms with Crippen LogP contribution in [0.3, 0.4) is 0 Å². The zero-order valence-electron chi connectivity index (χ0n) is 20.7. The molecule has 8 nitrogen and oxygen atoms in total. The second kappa shape index (κ2) is 8.89. The summed E-state index contributed by atoms with van der Waals surface area (Å²) in [6.07, 6.45) is 8.72. The molecule has 1 aliphatic carbocycles. The quantitative estimate of drug-likeness (QED) is 0.449. The molecule has 0 saturated carbocycles. The molecule has 1 aliphatic heterocycles. The second-order valence-corrected chi connectivity index (χ2v) is 9.74. The fourth-order valence-corrected chi connectivity index (χ4v) is 5.64. The number of carbonyl (C=O) groups is 2. The summed E-state index contributed by atoms with van der Waals surface area (Å²) < 4.78 is 0. The number of ketones is 1. The lowest BCUT2D eigenvalue weighted by Crippen LogP contribution is -2.36. The first kappa shape index (κ1) is 23.0. The minimum Gasteiger partial charge on any atom is -0.340 e. The molecule has 1 N–H and O–H groups in total. The summed E-state index contributed by atoms with van der Waals surface area (Å²) in [4.78, 5) is 45.1. The number of nitrogens with one attached hydrogen (secondary N) is 1. The molecule has 0 saturated heterocycles. The van der Waals surface area contributed by atoms with Gasteiger partial charge in [0, 0.05) is 42.6 Å². The van der Waals surface area contributed by atoms with E-state index in [0.29, 0.717) is 30.9 Å². The molecule has 0 fully saturated rings. The molecule has 0 radical (unpaired) electrons. The average Bonchev–Trinajstić information content (AvgIpc) is 3.51. The van der Waals surface area contributed by atoms with Crippen LogP contribution < -0.4 is 10.2 Å². The van der Waals surface area contributed by atoms with E-state index in [1.807, 2.05) is 31.2 Å². The highest BCUT2D eigenvalue weighted by Gasteiger charge is 2.44. The molecule has 184 valence electrons. The van der Waals surface area contributed by atoms with E-state index in [-0.39, 0.29) is 11.7 Å². The predicted molar refractivity (Wildman–Crippen MR) is 140 cm³/mol. The van der Waals surface area contributed by atoms with Gasteiger partial charge in [-0.2, -0.15) is 0 Å². The molecule has 0 spiro atoms. The van der Waals surface area contributed by atoms with Gasteiger partial charge in [0.2, 0.25) is 0 Å². The van der Waals surface area contributed by atoms with Gasteiger partial charge < -0.3 is 10.2 Å². The molecule has 1 aromatic carbocycles. The van der Waals surface area contributed by atoms with Crippen LogP contribution in [0.15, 0.2) is 67.4 Å². The highest BCUT2D eigenvalue weighted by atomic mass is 16.2. The lowest BCUT2D eigenvalue weighted by atomic mass is 9.74. The van der Waals surface area contributed by atoms with Gasteiger partial charge in [0.05, 0.1) is 11.1 Å². The van der Waals surface area contributed by atoms with Crippen LogP contribution in [0.1, 0.15) is 45.4 Å². The third-order valence-electron chi connectivity index (χ3n) is 7.56. The van der Waals surface area contributed by atoms with Gasteiger partial charge in [0.1, 0.15) is 23.6 Å². The van der Waals surface area contributed by atoms with E-state index < -0.39 is 5.41 Å². The fourth-order valence-electron chi connectivity index (χ4n) is 5.64. The van der Waals surface area contributed by atoms with Crippen molar-refractivity contribution >= 4 is 28.9 Å². The maximum atomic E-state index is 13.2. The number of nitrogens with zero attached hydrogens (tertiary/aromatic N) is 5. The molecule has 1 unspecified atom stereocenters. The van der Waals surface area contributed by atoms with Crippen LogP contribution in [0.4, 0.5) is 17.2 Å². The Morgan fingerprint density at radius 3 is 2.68 bits per heavy atom. The van der Waals surface area contributed by atoms with E-state index in [0.717, 1.165) is 45.7 Å². The Morgan fingerprint density at radius 2 is 1.84 bits per heavy atom. The Labute approximate surface area is 214 Å². The molecule has 1 atom stereocenters. The first-order chi connectivity index (χ1) is 17.9. The van der Waals surface area contributed by atoms with Crippen molar-refractivity contribution in [2.75, 3.05) is 16.8 Å². The van der Waals surface area contributed by atoms with Crippen molar-refractivity contribution in [1.82, 2.24) is 19.9 Å². The molecule has 6 rings (SSSR count). The Morgan fingerprint density at radius 1 is 0.973 bits per heavy atom. The number of carbonyl (C=O) groups excluding carboxylic acids is 2. The van der Waals surface area contributed by atoms with E-state index in [1.165, 1.54) is 6.33 Å². The fraction of sp³-hybridized carbons (Fsp3) is 0.241. The zero-order valence-corrected chi connectivity index (χ0v) is 20.7. The molecule has 3 aromatic heterocycles. The number of aryl methyl sites for hydroxylation is 1. The van der Waals surface area contributed by atoms with E-state index in [2.05, 4.69) is 37.4 Å². The predicted octanol–water partition coefficient (Wildman–Crippen LogP) is 4.15. The van der Waals surface area contributed by atoms with Gasteiger partial charge in [-0.05, 0) is 79.6 Å². The SMILES string of the molecule is CC(=O)C1(c2cccnc2C)Cc2ccc(Nc3cc(C(=O)N4CCc5cnccc54)ncn3)cc2C1. The average molecular weight is 491 g/mol. The van der Waals surface area contributed by atoms with Crippen LogP contribution >= 0.6 is 0 Å². The number of fused-ring (bicyclic) bond motifs is 2. The van der Waals surface area contributed by atoms with Crippen molar-refractivity contribution in [2.45, 2.75) is 38.5 Å². The van der Waals surface area contributed by atoms with Crippen LogP contribution in [-0.4, -0.2) is 38.2 Å². The number of rotatable bonds is 5. The summed E-state index contributed by atoms with van der Waals surface area (Å²) in [6, 6.07) is 13.6. The van der Waals surface area contributed by atoms with Crippen LogP contribution in [0.2, 0.25) is 0 Å². The van der Waals surface area contributed by atoms with Crippen molar-refractivity contribution in [3.63, 3.8) is 0 Å². The minimum absolute atomic E-state index is 0.146. The lowest BCUT2D eigenvalue weighted by Gasteiger charge is -2.27. The van der Waals surface area contributed by atoms with Gasteiger partial charge in [-0.15, -0.1) is 0 Å². The number of benzene rings is 1. The normalized spacial score (nSPS) is 17.8. The molecule has 0 bridgehead atoms. The van der Waals surface area contributed by atoms with Crippen LogP contribution in [0.5, 0.6) is 0 Å². The topological polar surface area (TPSA) is 101 Å². The van der Waals surface area contributed by atoms with E-state index in [4.69, 9.17) is 0 Å². The van der Waals surface area contributed by atoms with Gasteiger partial charge in [-0.3, -0.25) is 19.6 Å².